The maximum Gasteiger partial charge on any atom is 0.155 e. The molecule has 2 atom stereocenters. The third kappa shape index (κ3) is 3.00. The minimum Gasteiger partial charge on any atom is -0.309 e. The first-order valence-electron chi connectivity index (χ1n) is 6.98. The topological polar surface area (TPSA) is 46.2 Å². The summed E-state index contributed by atoms with van der Waals surface area (Å²) >= 11 is 0. The lowest BCUT2D eigenvalue weighted by Gasteiger charge is -2.22. The van der Waals surface area contributed by atoms with E-state index in [0.29, 0.717) is 6.42 Å². The van der Waals surface area contributed by atoms with E-state index in [4.69, 9.17) is 0 Å². The molecule has 0 aromatic heterocycles. The number of nitrogens with one attached hydrogen (secondary N) is 1. The van der Waals surface area contributed by atoms with Crippen molar-refractivity contribution in [3.63, 3.8) is 0 Å². The fourth-order valence-electron chi connectivity index (χ4n) is 2.94. The Morgan fingerprint density at radius 1 is 1.32 bits per heavy atom. The minimum atomic E-state index is -3.06. The molecule has 0 amide bonds. The Morgan fingerprint density at radius 3 is 2.63 bits per heavy atom. The summed E-state index contributed by atoms with van der Waals surface area (Å²) in [6.45, 7) is 6.73. The zero-order chi connectivity index (χ0) is 14.0. The summed E-state index contributed by atoms with van der Waals surface area (Å²) in [5.41, 5.74) is 2.33. The van der Waals surface area contributed by atoms with Crippen molar-refractivity contribution in [3.8, 4) is 0 Å². The SMILES string of the molecule is CCNC1c2ccccc2CC1S(=O)(=O)CC(C)C. The highest BCUT2D eigenvalue weighted by Gasteiger charge is 2.40. The van der Waals surface area contributed by atoms with Crippen LogP contribution in [0.15, 0.2) is 24.3 Å². The Morgan fingerprint density at radius 2 is 2.00 bits per heavy atom. The summed E-state index contributed by atoms with van der Waals surface area (Å²) < 4.78 is 25.1. The van der Waals surface area contributed by atoms with E-state index in [1.54, 1.807) is 0 Å². The van der Waals surface area contributed by atoms with E-state index in [0.717, 1.165) is 12.1 Å². The summed E-state index contributed by atoms with van der Waals surface area (Å²) in [5, 5.41) is 3.04. The van der Waals surface area contributed by atoms with Crippen LogP contribution < -0.4 is 5.32 Å². The second-order valence-corrected chi connectivity index (χ2v) is 7.96. The molecular weight excluding hydrogens is 258 g/mol. The Bertz CT molecular complexity index is 537. The van der Waals surface area contributed by atoms with E-state index in [-0.39, 0.29) is 23.0 Å². The molecule has 0 radical (unpaired) electrons. The van der Waals surface area contributed by atoms with E-state index < -0.39 is 9.84 Å². The molecule has 0 saturated carbocycles. The molecule has 1 aliphatic rings. The van der Waals surface area contributed by atoms with Crippen LogP contribution >= 0.6 is 0 Å². The molecule has 4 heteroatoms. The van der Waals surface area contributed by atoms with Gasteiger partial charge in [-0.2, -0.15) is 0 Å². The standard InChI is InChI=1S/C15H23NO2S/c1-4-16-15-13-8-6-5-7-12(13)9-14(15)19(17,18)10-11(2)3/h5-8,11,14-16H,4,9-10H2,1-3H3. The van der Waals surface area contributed by atoms with E-state index in [1.165, 1.54) is 5.56 Å². The van der Waals surface area contributed by atoms with Gasteiger partial charge in [0.05, 0.1) is 11.0 Å². The van der Waals surface area contributed by atoms with Crippen molar-refractivity contribution in [1.29, 1.82) is 0 Å². The third-order valence-corrected chi connectivity index (χ3v) is 6.13. The van der Waals surface area contributed by atoms with Crippen LogP contribution in [0.2, 0.25) is 0 Å². The number of hydrogen-bond donors (Lipinski definition) is 1. The van der Waals surface area contributed by atoms with Gasteiger partial charge in [0.15, 0.2) is 9.84 Å². The Kier molecular flexibility index (Phi) is 4.31. The van der Waals surface area contributed by atoms with Crippen LogP contribution in [0.4, 0.5) is 0 Å². The Labute approximate surface area is 116 Å². The van der Waals surface area contributed by atoms with Crippen molar-refractivity contribution in [3.05, 3.63) is 35.4 Å². The normalized spacial score (nSPS) is 22.7. The molecule has 0 aliphatic heterocycles. The van der Waals surface area contributed by atoms with Crippen molar-refractivity contribution in [2.24, 2.45) is 5.92 Å². The molecule has 106 valence electrons. The van der Waals surface area contributed by atoms with Crippen LogP contribution in [-0.2, 0) is 16.3 Å². The average molecular weight is 281 g/mol. The molecule has 1 N–H and O–H groups in total. The summed E-state index contributed by atoms with van der Waals surface area (Å²) in [6, 6.07) is 8.02. The van der Waals surface area contributed by atoms with Gasteiger partial charge in [0.1, 0.15) is 0 Å². The fraction of sp³-hybridized carbons (Fsp3) is 0.600. The van der Waals surface area contributed by atoms with Gasteiger partial charge in [-0.25, -0.2) is 8.42 Å². The highest BCUT2D eigenvalue weighted by atomic mass is 32.2. The highest BCUT2D eigenvalue weighted by molar-refractivity contribution is 7.92. The Hall–Kier alpha value is -0.870. The highest BCUT2D eigenvalue weighted by Crippen LogP contribution is 2.36. The van der Waals surface area contributed by atoms with Gasteiger partial charge in [-0.05, 0) is 30.0 Å². The molecule has 0 heterocycles. The molecule has 3 nitrogen and oxygen atoms in total. The third-order valence-electron chi connectivity index (χ3n) is 3.63. The van der Waals surface area contributed by atoms with Gasteiger partial charge in [0, 0.05) is 6.04 Å². The molecule has 1 aliphatic carbocycles. The van der Waals surface area contributed by atoms with Crippen LogP contribution in [0.5, 0.6) is 0 Å². The van der Waals surface area contributed by atoms with E-state index in [1.807, 2.05) is 45.0 Å². The van der Waals surface area contributed by atoms with E-state index in [9.17, 15) is 8.42 Å². The van der Waals surface area contributed by atoms with Crippen LogP contribution in [0.3, 0.4) is 0 Å². The number of hydrogen-bond acceptors (Lipinski definition) is 3. The van der Waals surface area contributed by atoms with Gasteiger partial charge in [0.25, 0.3) is 0 Å². The van der Waals surface area contributed by atoms with E-state index >= 15 is 0 Å². The molecule has 0 fully saturated rings. The molecule has 2 rings (SSSR count). The number of benzene rings is 1. The molecular formula is C15H23NO2S. The monoisotopic (exact) mass is 281 g/mol. The van der Waals surface area contributed by atoms with Crippen LogP contribution in [0.1, 0.15) is 37.9 Å². The van der Waals surface area contributed by atoms with Gasteiger partial charge in [-0.3, -0.25) is 0 Å². The zero-order valence-corrected chi connectivity index (χ0v) is 12.7. The van der Waals surface area contributed by atoms with Crippen molar-refractivity contribution >= 4 is 9.84 Å². The second kappa shape index (κ2) is 5.63. The summed E-state index contributed by atoms with van der Waals surface area (Å²) in [7, 11) is -3.06. The van der Waals surface area contributed by atoms with Crippen LogP contribution in [-0.4, -0.2) is 26.0 Å². The molecule has 1 aromatic rings. The molecule has 19 heavy (non-hydrogen) atoms. The second-order valence-electron chi connectivity index (χ2n) is 5.70. The predicted octanol–water partition coefficient (Wildman–Crippen LogP) is 2.33. The van der Waals surface area contributed by atoms with Gasteiger partial charge in [0.2, 0.25) is 0 Å². The maximum absolute atomic E-state index is 12.6. The molecule has 2 unspecified atom stereocenters. The summed E-state index contributed by atoms with van der Waals surface area (Å²) in [6.07, 6.45) is 0.642. The van der Waals surface area contributed by atoms with Crippen molar-refractivity contribution in [1.82, 2.24) is 5.32 Å². The van der Waals surface area contributed by atoms with Gasteiger partial charge < -0.3 is 5.32 Å². The first kappa shape index (κ1) is 14.5. The zero-order valence-electron chi connectivity index (χ0n) is 11.9. The smallest absolute Gasteiger partial charge is 0.155 e. The number of sulfone groups is 1. The maximum atomic E-state index is 12.6. The fourth-order valence-corrected chi connectivity index (χ4v) is 5.21. The van der Waals surface area contributed by atoms with Crippen LogP contribution in [0.25, 0.3) is 0 Å². The Balaban J connectivity index is 2.33. The van der Waals surface area contributed by atoms with Crippen LogP contribution in [0, 0.1) is 5.92 Å². The lowest BCUT2D eigenvalue weighted by Crippen LogP contribution is -2.36. The van der Waals surface area contributed by atoms with Crippen molar-refractivity contribution in [2.45, 2.75) is 38.5 Å². The van der Waals surface area contributed by atoms with Gasteiger partial charge in [-0.1, -0.05) is 45.0 Å². The molecule has 1 aromatic carbocycles. The molecule has 0 saturated heterocycles. The molecule has 0 spiro atoms. The lowest BCUT2D eigenvalue weighted by molar-refractivity contribution is 0.511. The average Bonchev–Trinajstić information content (AvgIpc) is 2.68. The number of rotatable bonds is 5. The number of fused-ring (bicyclic) bond motifs is 1. The van der Waals surface area contributed by atoms with E-state index in [2.05, 4.69) is 5.32 Å². The minimum absolute atomic E-state index is 0.0510. The largest absolute Gasteiger partial charge is 0.309 e. The first-order valence-corrected chi connectivity index (χ1v) is 8.70. The van der Waals surface area contributed by atoms with Gasteiger partial charge >= 0.3 is 0 Å². The first-order chi connectivity index (χ1) is 8.95. The van der Waals surface area contributed by atoms with Gasteiger partial charge in [-0.15, -0.1) is 0 Å². The summed E-state index contributed by atoms with van der Waals surface area (Å²) in [4.78, 5) is 0. The molecule has 0 bridgehead atoms. The quantitative estimate of drug-likeness (QED) is 0.901. The van der Waals surface area contributed by atoms with Crippen molar-refractivity contribution in [2.75, 3.05) is 12.3 Å². The predicted molar refractivity (Wildman–Crippen MR) is 79.0 cm³/mol. The van der Waals surface area contributed by atoms with Crippen molar-refractivity contribution < 1.29 is 8.42 Å². The summed E-state index contributed by atoms with van der Waals surface area (Å²) in [5.74, 6) is 0.448. The lowest BCUT2D eigenvalue weighted by atomic mass is 10.1.